The first-order valence-electron chi connectivity index (χ1n) is 34.0. The number of ketones is 1. The number of Topliss-reactive ketones (excluding diaryl/α,β-unsaturated/α-hetero) is 1. The van der Waals surface area contributed by atoms with E-state index < -0.39 is 39.7 Å². The number of halogens is 1. The van der Waals surface area contributed by atoms with Crippen molar-refractivity contribution in [2.75, 3.05) is 0 Å². The van der Waals surface area contributed by atoms with E-state index in [1.54, 1.807) is 35.6 Å². The maximum atomic E-state index is 12.6. The number of esters is 2. The van der Waals surface area contributed by atoms with E-state index in [0.29, 0.717) is 34.6 Å². The number of aliphatic carboxylic acids is 3. The molecule has 14 aromatic rings. The first-order chi connectivity index (χ1) is 49.2. The molecule has 520 valence electrons. The van der Waals surface area contributed by atoms with Crippen molar-refractivity contribution in [3.05, 3.63) is 238 Å². The molecule has 6 heterocycles. The van der Waals surface area contributed by atoms with Crippen LogP contribution in [0, 0.1) is 0 Å². The summed E-state index contributed by atoms with van der Waals surface area (Å²) in [5.41, 5.74) is 9.45. The predicted molar refractivity (Wildman–Crippen MR) is 423 cm³/mol. The van der Waals surface area contributed by atoms with Crippen molar-refractivity contribution in [2.24, 2.45) is 0 Å². The second-order valence-electron chi connectivity index (χ2n) is 24.8. The minimum absolute atomic E-state index is 0.0448. The lowest BCUT2D eigenvalue weighted by Crippen LogP contribution is -2.03. The Morgan fingerprint density at radius 1 is 0.382 bits per heavy atom. The van der Waals surface area contributed by atoms with Crippen molar-refractivity contribution in [1.29, 1.82) is 0 Å². The molecule has 1 fully saturated rings. The van der Waals surface area contributed by atoms with Crippen LogP contribution in [0.4, 0.5) is 0 Å². The lowest BCUT2D eigenvalue weighted by atomic mass is 9.98. The second kappa shape index (κ2) is 33.7. The highest BCUT2D eigenvalue weighted by Gasteiger charge is 2.33. The van der Waals surface area contributed by atoms with Gasteiger partial charge in [-0.2, -0.15) is 0 Å². The van der Waals surface area contributed by atoms with E-state index in [4.69, 9.17) is 15.3 Å². The normalized spacial score (nSPS) is 12.5. The number of carboxylic acids is 3. The molecule has 0 amide bonds. The van der Waals surface area contributed by atoms with Crippen LogP contribution < -0.4 is 0 Å². The molecule has 0 bridgehead atoms. The Morgan fingerprint density at radius 3 is 1.15 bits per heavy atom. The highest BCUT2D eigenvalue weighted by molar-refractivity contribution is 9.10. The van der Waals surface area contributed by atoms with Gasteiger partial charge >= 0.3 is 29.8 Å². The average molecular weight is 1520 g/mol. The zero-order valence-electron chi connectivity index (χ0n) is 56.8. The van der Waals surface area contributed by atoms with Crippen LogP contribution in [0.15, 0.2) is 208 Å². The minimum atomic E-state index is -3.43. The van der Waals surface area contributed by atoms with Crippen molar-refractivity contribution < 1.29 is 57.2 Å². The van der Waals surface area contributed by atoms with Gasteiger partial charge in [0.25, 0.3) is 0 Å². The molecule has 18 heteroatoms. The molecule has 0 saturated carbocycles. The van der Waals surface area contributed by atoms with Crippen molar-refractivity contribution in [2.45, 2.75) is 127 Å². The predicted octanol–water partition coefficient (Wildman–Crippen LogP) is 22.4. The number of fused-ring (bicyclic) bond motifs is 15. The maximum absolute atomic E-state index is 12.6. The lowest BCUT2D eigenvalue weighted by molar-refractivity contribution is -0.152. The SMILES string of the molecule is Brc1ccc2sc3ccccc3c2c1.CCc1ccc2c(c1)-c1cc(CCCC(=O)O)ccc1S2(=O)=O.CCc1ccc2sc3ccc(C(=O)CCC(=O)O)cc3c2c1.CCc1ccc2sc3ccc(CCCC(=O)O)cc3c2c1.CCc1ccc2sc3ccccc3c2c1.O=C1CCC(=O)O1. The van der Waals surface area contributed by atoms with Gasteiger partial charge in [-0.1, -0.05) is 116 Å². The van der Waals surface area contributed by atoms with Crippen LogP contribution in [-0.4, -0.2) is 59.4 Å². The van der Waals surface area contributed by atoms with Gasteiger partial charge in [-0.25, -0.2) is 8.42 Å². The number of aryl methyl sites for hydroxylation is 6. The van der Waals surface area contributed by atoms with Crippen LogP contribution in [0.5, 0.6) is 0 Å². The molecular formula is C84H75BrO12S5. The summed E-state index contributed by atoms with van der Waals surface area (Å²) in [6.45, 7) is 8.54. The van der Waals surface area contributed by atoms with E-state index in [0.717, 1.165) is 68.9 Å². The van der Waals surface area contributed by atoms with E-state index in [-0.39, 0.29) is 44.3 Å². The number of benzene rings is 10. The van der Waals surface area contributed by atoms with Gasteiger partial charge in [-0.3, -0.25) is 28.8 Å². The minimum Gasteiger partial charge on any atom is -0.481 e. The first-order valence-corrected chi connectivity index (χ1v) is 39.5. The third-order valence-corrected chi connectivity index (χ3v) is 24.8. The zero-order valence-corrected chi connectivity index (χ0v) is 62.5. The van der Waals surface area contributed by atoms with Crippen LogP contribution >= 0.6 is 61.3 Å². The van der Waals surface area contributed by atoms with E-state index in [1.165, 1.54) is 92.9 Å². The highest BCUT2D eigenvalue weighted by atomic mass is 79.9. The number of ether oxygens (including phenoxy) is 1. The Labute approximate surface area is 615 Å². The van der Waals surface area contributed by atoms with Crippen LogP contribution in [0.3, 0.4) is 0 Å². The Morgan fingerprint density at radius 2 is 0.716 bits per heavy atom. The molecule has 10 aromatic carbocycles. The molecule has 0 atom stereocenters. The standard InChI is InChI=1S/C18H18O4S.C18H16O3S.C18H18O2S.C14H12S.C12H7BrS.C4H4O3/c1-2-12-6-8-16-14(10-12)15-11-13(4-3-5-18(19)20)7-9-17(15)23(16,21)22;1-2-11-3-6-16-13(9-11)14-10-12(4-7-17(14)22-16)15(19)5-8-18(20)21;1-2-12-6-8-16-14(10-12)15-11-13(4-3-5-18(19)20)7-9-17(15)21-16;1-2-10-7-8-14-12(9-10)11-5-3-4-6-13(11)15-14;13-8-5-6-12-10(7-8)9-3-1-2-4-11(9)14-12;5-3-1-2-4(6)7-3/h6-11H,2-5H2,1H3,(H,19,20);3-4,6-7,9-10H,2,5,8H2,1H3,(H,20,21);6-11H,2-5H2,1H3,(H,19,20);3-9H,2H2,1H3;1-7H;1-2H2. The second-order valence-corrected chi connectivity index (χ2v) is 31.9. The smallest absolute Gasteiger partial charge is 0.314 e. The Kier molecular flexibility index (Phi) is 24.4. The summed E-state index contributed by atoms with van der Waals surface area (Å²) in [6.07, 6.45) is 7.48. The van der Waals surface area contributed by atoms with Gasteiger partial charge in [0.1, 0.15) is 0 Å². The average Bonchev–Trinajstić information content (AvgIpc) is 1.60. The number of carboxylic acid groups (broad SMARTS) is 3. The quantitative estimate of drug-likeness (QED) is 0.0469. The number of carbonyl (C=O) groups excluding carboxylic acids is 3. The van der Waals surface area contributed by atoms with Crippen LogP contribution in [0.1, 0.15) is 123 Å². The number of hydrogen-bond donors (Lipinski definition) is 3. The third kappa shape index (κ3) is 17.8. The van der Waals surface area contributed by atoms with Gasteiger partial charge in [0.2, 0.25) is 9.84 Å². The highest BCUT2D eigenvalue weighted by Crippen LogP contribution is 2.45. The molecule has 3 N–H and O–H groups in total. The lowest BCUT2D eigenvalue weighted by Gasteiger charge is -2.05. The molecule has 0 radical (unpaired) electrons. The summed E-state index contributed by atoms with van der Waals surface area (Å²) >= 11 is 10.8. The Hall–Kier alpha value is -9.27. The third-order valence-electron chi connectivity index (χ3n) is 17.9. The number of thiophene rings is 4. The number of sulfone groups is 1. The Balaban J connectivity index is 0.000000126. The van der Waals surface area contributed by atoms with Gasteiger partial charge < -0.3 is 20.1 Å². The van der Waals surface area contributed by atoms with Crippen LogP contribution in [-0.2, 0) is 77.1 Å². The van der Waals surface area contributed by atoms with Gasteiger partial charge in [-0.05, 0) is 206 Å². The van der Waals surface area contributed by atoms with E-state index in [9.17, 15) is 37.2 Å². The molecule has 102 heavy (non-hydrogen) atoms. The largest absolute Gasteiger partial charge is 0.481 e. The topological polar surface area (TPSA) is 206 Å². The van der Waals surface area contributed by atoms with Crippen LogP contribution in [0.2, 0.25) is 0 Å². The summed E-state index contributed by atoms with van der Waals surface area (Å²) in [5, 5.41) is 36.5. The van der Waals surface area contributed by atoms with Crippen molar-refractivity contribution in [3.63, 3.8) is 0 Å². The van der Waals surface area contributed by atoms with E-state index in [1.807, 2.05) is 71.3 Å². The van der Waals surface area contributed by atoms with Gasteiger partial charge in [-0.15, -0.1) is 45.3 Å². The molecule has 2 aliphatic heterocycles. The van der Waals surface area contributed by atoms with Gasteiger partial charge in [0.05, 0.1) is 29.1 Å². The van der Waals surface area contributed by atoms with Gasteiger partial charge in [0, 0.05) is 121 Å². The molecule has 0 unspecified atom stereocenters. The molecule has 0 aliphatic carbocycles. The summed E-state index contributed by atoms with van der Waals surface area (Å²) in [4.78, 5) is 64.7. The van der Waals surface area contributed by atoms with E-state index >= 15 is 0 Å². The molecule has 1 saturated heterocycles. The number of cyclic esters (lactones) is 2. The van der Waals surface area contributed by atoms with Gasteiger partial charge in [0.15, 0.2) is 5.78 Å². The summed E-state index contributed by atoms with van der Waals surface area (Å²) in [5.74, 6) is -3.38. The fourth-order valence-electron chi connectivity index (χ4n) is 12.4. The molecule has 2 aliphatic rings. The number of hydrogen-bond acceptors (Lipinski definition) is 13. The van der Waals surface area contributed by atoms with Crippen molar-refractivity contribution in [3.8, 4) is 11.1 Å². The van der Waals surface area contributed by atoms with Crippen molar-refractivity contribution >= 4 is 187 Å². The molecule has 0 spiro atoms. The molecular weight excluding hydrogens is 1440 g/mol. The first kappa shape index (κ1) is 73.9. The monoisotopic (exact) mass is 1510 g/mol. The summed E-state index contributed by atoms with van der Waals surface area (Å²) in [6, 6.07) is 66.6. The Bertz CT molecular complexity index is 5610. The fraction of sp³-hybridized carbons (Fsp3) is 0.214. The summed E-state index contributed by atoms with van der Waals surface area (Å²) in [7, 11) is -3.43. The van der Waals surface area contributed by atoms with E-state index in [2.05, 4.69) is 181 Å². The maximum Gasteiger partial charge on any atom is 0.314 e. The van der Waals surface area contributed by atoms with Crippen LogP contribution in [0.25, 0.3) is 91.8 Å². The zero-order chi connectivity index (χ0) is 72.2. The molecule has 16 rings (SSSR count). The molecule has 12 nitrogen and oxygen atoms in total. The molecule has 4 aromatic heterocycles. The number of rotatable bonds is 16. The fourth-order valence-corrected chi connectivity index (χ4v) is 18.7. The van der Waals surface area contributed by atoms with Crippen molar-refractivity contribution in [1.82, 2.24) is 0 Å². The summed E-state index contributed by atoms with van der Waals surface area (Å²) < 4.78 is 40.9. The number of carbonyl (C=O) groups is 6.